The van der Waals surface area contributed by atoms with Gasteiger partial charge in [-0.1, -0.05) is 0 Å². The first kappa shape index (κ1) is 14.5. The van der Waals surface area contributed by atoms with E-state index in [2.05, 4.69) is 31.5 Å². The molecule has 0 radical (unpaired) electrons. The van der Waals surface area contributed by atoms with Crippen LogP contribution in [0.15, 0.2) is 41.1 Å². The van der Waals surface area contributed by atoms with E-state index in [-0.39, 0.29) is 5.91 Å². The molecule has 0 unspecified atom stereocenters. The fraction of sp³-hybridized carbons (Fsp3) is 0.200. The van der Waals surface area contributed by atoms with E-state index in [1.165, 1.54) is 0 Å². The van der Waals surface area contributed by atoms with Crippen molar-refractivity contribution in [3.8, 4) is 0 Å². The summed E-state index contributed by atoms with van der Waals surface area (Å²) >= 11 is 3.36. The summed E-state index contributed by atoms with van der Waals surface area (Å²) in [4.78, 5) is 16.3. The van der Waals surface area contributed by atoms with Gasteiger partial charge in [-0.2, -0.15) is 0 Å². The molecule has 0 saturated heterocycles. The molecule has 0 saturated carbocycles. The van der Waals surface area contributed by atoms with E-state index in [0.717, 1.165) is 22.3 Å². The zero-order valence-corrected chi connectivity index (χ0v) is 13.0. The van der Waals surface area contributed by atoms with Gasteiger partial charge in [0.15, 0.2) is 0 Å². The molecule has 0 atom stereocenters. The zero-order valence-electron chi connectivity index (χ0n) is 11.4. The van der Waals surface area contributed by atoms with Crippen molar-refractivity contribution in [1.82, 2.24) is 4.98 Å². The number of amides is 1. The molecule has 2 aromatic rings. The van der Waals surface area contributed by atoms with Crippen LogP contribution in [0.5, 0.6) is 0 Å². The van der Waals surface area contributed by atoms with Gasteiger partial charge in [-0.25, -0.2) is 0 Å². The van der Waals surface area contributed by atoms with Gasteiger partial charge in [-0.15, -0.1) is 0 Å². The minimum Gasteiger partial charge on any atom is -0.385 e. The van der Waals surface area contributed by atoms with Gasteiger partial charge in [-0.05, 0) is 59.6 Å². The lowest BCUT2D eigenvalue weighted by atomic mass is 10.1. The Morgan fingerprint density at radius 3 is 2.80 bits per heavy atom. The van der Waals surface area contributed by atoms with Crippen LogP contribution in [0, 0.1) is 6.92 Å². The Bertz CT molecular complexity index is 628. The first-order chi connectivity index (χ1) is 9.61. The normalized spacial score (nSPS) is 10.2. The van der Waals surface area contributed by atoms with Crippen LogP contribution in [-0.4, -0.2) is 17.4 Å². The van der Waals surface area contributed by atoms with Crippen LogP contribution in [0.25, 0.3) is 0 Å². The highest BCUT2D eigenvalue weighted by Crippen LogP contribution is 2.22. The van der Waals surface area contributed by atoms with Gasteiger partial charge in [0, 0.05) is 30.2 Å². The Balaban J connectivity index is 2.19. The molecule has 0 fully saturated rings. The zero-order chi connectivity index (χ0) is 14.5. The van der Waals surface area contributed by atoms with Crippen LogP contribution >= 0.6 is 15.9 Å². The number of nitrogens with zero attached hydrogens (tertiary/aromatic N) is 1. The summed E-state index contributed by atoms with van der Waals surface area (Å²) in [6, 6.07) is 7.47. The van der Waals surface area contributed by atoms with Crippen molar-refractivity contribution < 1.29 is 4.79 Å². The molecule has 2 rings (SSSR count). The van der Waals surface area contributed by atoms with Crippen molar-refractivity contribution in [2.75, 3.05) is 17.2 Å². The molecule has 0 spiro atoms. The number of carbonyl (C=O) groups is 1. The lowest BCUT2D eigenvalue weighted by Gasteiger charge is -2.11. The molecule has 1 aromatic carbocycles. The Morgan fingerprint density at radius 2 is 2.15 bits per heavy atom. The molecule has 4 nitrogen and oxygen atoms in total. The number of hydrogen-bond acceptors (Lipinski definition) is 3. The van der Waals surface area contributed by atoms with Gasteiger partial charge in [0.25, 0.3) is 5.91 Å². The van der Waals surface area contributed by atoms with Gasteiger partial charge < -0.3 is 10.6 Å². The third kappa shape index (κ3) is 3.36. The van der Waals surface area contributed by atoms with E-state index in [9.17, 15) is 4.79 Å². The third-order valence-electron chi connectivity index (χ3n) is 2.87. The van der Waals surface area contributed by atoms with Crippen LogP contribution in [0.1, 0.15) is 22.8 Å². The van der Waals surface area contributed by atoms with E-state index < -0.39 is 0 Å². The van der Waals surface area contributed by atoms with E-state index in [1.807, 2.05) is 32.0 Å². The number of nitrogens with one attached hydrogen (secondary N) is 2. The predicted molar refractivity (Wildman–Crippen MR) is 85.2 cm³/mol. The molecule has 104 valence electrons. The molecular weight excluding hydrogens is 318 g/mol. The molecule has 0 aliphatic heterocycles. The number of hydrogen-bond donors (Lipinski definition) is 2. The molecule has 1 aromatic heterocycles. The standard InChI is InChI=1S/C15H16BrN3O/c1-3-18-11-4-5-12(10(2)8-11)15(20)19-14-6-7-17-9-13(14)16/h4-9,18H,3H2,1-2H3,(H,17,19,20). The van der Waals surface area contributed by atoms with Crippen molar-refractivity contribution in [2.45, 2.75) is 13.8 Å². The molecule has 20 heavy (non-hydrogen) atoms. The number of rotatable bonds is 4. The SMILES string of the molecule is CCNc1ccc(C(=O)Nc2ccncc2Br)c(C)c1. The molecule has 0 aliphatic carbocycles. The predicted octanol–water partition coefficient (Wildman–Crippen LogP) is 3.84. The maximum absolute atomic E-state index is 12.3. The number of pyridine rings is 1. The minimum absolute atomic E-state index is 0.127. The molecule has 5 heteroatoms. The van der Waals surface area contributed by atoms with Gasteiger partial charge in [0.2, 0.25) is 0 Å². The lowest BCUT2D eigenvalue weighted by molar-refractivity contribution is 0.102. The molecule has 2 N–H and O–H groups in total. The van der Waals surface area contributed by atoms with Gasteiger partial charge in [-0.3, -0.25) is 9.78 Å². The fourth-order valence-electron chi connectivity index (χ4n) is 1.90. The van der Waals surface area contributed by atoms with Crippen LogP contribution in [0.4, 0.5) is 11.4 Å². The van der Waals surface area contributed by atoms with Gasteiger partial charge in [0.05, 0.1) is 10.2 Å². The first-order valence-electron chi connectivity index (χ1n) is 6.37. The second kappa shape index (κ2) is 6.52. The highest BCUT2D eigenvalue weighted by Gasteiger charge is 2.11. The van der Waals surface area contributed by atoms with Crippen molar-refractivity contribution in [1.29, 1.82) is 0 Å². The number of benzene rings is 1. The summed E-state index contributed by atoms with van der Waals surface area (Å²) in [5.74, 6) is -0.127. The number of aryl methyl sites for hydroxylation is 1. The van der Waals surface area contributed by atoms with Crippen molar-refractivity contribution in [3.05, 3.63) is 52.3 Å². The van der Waals surface area contributed by atoms with Crippen LogP contribution in [0.3, 0.4) is 0 Å². The second-order valence-corrected chi connectivity index (χ2v) is 5.22. The maximum Gasteiger partial charge on any atom is 0.255 e. The highest BCUT2D eigenvalue weighted by molar-refractivity contribution is 9.10. The topological polar surface area (TPSA) is 54.0 Å². The van der Waals surface area contributed by atoms with Crippen LogP contribution in [-0.2, 0) is 0 Å². The Labute approximate surface area is 126 Å². The van der Waals surface area contributed by atoms with Gasteiger partial charge in [0.1, 0.15) is 0 Å². The second-order valence-electron chi connectivity index (χ2n) is 4.37. The molecule has 1 amide bonds. The average Bonchev–Trinajstić information content (AvgIpc) is 2.42. The maximum atomic E-state index is 12.3. The minimum atomic E-state index is -0.127. The highest BCUT2D eigenvalue weighted by atomic mass is 79.9. The van der Waals surface area contributed by atoms with E-state index in [0.29, 0.717) is 11.3 Å². The molecular formula is C15H16BrN3O. The van der Waals surface area contributed by atoms with Gasteiger partial charge >= 0.3 is 0 Å². The quantitative estimate of drug-likeness (QED) is 0.893. The van der Waals surface area contributed by atoms with E-state index in [4.69, 9.17) is 0 Å². The number of aromatic nitrogens is 1. The van der Waals surface area contributed by atoms with E-state index >= 15 is 0 Å². The molecule has 0 bridgehead atoms. The summed E-state index contributed by atoms with van der Waals surface area (Å²) in [7, 11) is 0. The third-order valence-corrected chi connectivity index (χ3v) is 3.50. The Morgan fingerprint density at radius 1 is 1.35 bits per heavy atom. The summed E-state index contributed by atoms with van der Waals surface area (Å²) in [5, 5.41) is 6.10. The molecule has 0 aliphatic rings. The fourth-order valence-corrected chi connectivity index (χ4v) is 2.25. The summed E-state index contributed by atoms with van der Waals surface area (Å²) in [6.07, 6.45) is 3.29. The smallest absolute Gasteiger partial charge is 0.255 e. The summed E-state index contributed by atoms with van der Waals surface area (Å²) < 4.78 is 0.760. The van der Waals surface area contributed by atoms with Crippen molar-refractivity contribution in [2.24, 2.45) is 0 Å². The average molecular weight is 334 g/mol. The Hall–Kier alpha value is -1.88. The largest absolute Gasteiger partial charge is 0.385 e. The van der Waals surface area contributed by atoms with Crippen LogP contribution < -0.4 is 10.6 Å². The van der Waals surface area contributed by atoms with Crippen molar-refractivity contribution >= 4 is 33.2 Å². The Kier molecular flexibility index (Phi) is 4.74. The monoisotopic (exact) mass is 333 g/mol. The number of carbonyl (C=O) groups excluding carboxylic acids is 1. The first-order valence-corrected chi connectivity index (χ1v) is 7.16. The lowest BCUT2D eigenvalue weighted by Crippen LogP contribution is -2.14. The summed E-state index contributed by atoms with van der Waals surface area (Å²) in [5.41, 5.74) is 3.33. The summed E-state index contributed by atoms with van der Waals surface area (Å²) in [6.45, 7) is 4.82. The van der Waals surface area contributed by atoms with E-state index in [1.54, 1.807) is 18.5 Å². The number of anilines is 2. The number of halogens is 1. The van der Waals surface area contributed by atoms with Crippen LogP contribution in [0.2, 0.25) is 0 Å². The molecule has 1 heterocycles. The van der Waals surface area contributed by atoms with Crippen molar-refractivity contribution in [3.63, 3.8) is 0 Å².